The smallest absolute Gasteiger partial charge is 0.242 e. The molecule has 0 radical (unpaired) electrons. The van der Waals surface area contributed by atoms with Crippen LogP contribution in [0, 0.1) is 13.8 Å². The first-order valence-electron chi connectivity index (χ1n) is 6.72. The standard InChI is InChI=1S/C13H23N5O3/c1-8-12(14)10(3)18(17-8)7-11(19)16-9(2)13(20)15-5-6-21-4/h9H,5-7,14H2,1-4H3,(H,15,20)(H,16,19). The van der Waals surface area contributed by atoms with E-state index in [1.807, 2.05) is 0 Å². The Morgan fingerprint density at radius 3 is 2.62 bits per heavy atom. The van der Waals surface area contributed by atoms with Gasteiger partial charge in [-0.2, -0.15) is 5.10 Å². The number of nitrogens with one attached hydrogen (secondary N) is 2. The van der Waals surface area contributed by atoms with Crippen LogP contribution in [0.1, 0.15) is 18.3 Å². The molecule has 0 aromatic carbocycles. The monoisotopic (exact) mass is 297 g/mol. The lowest BCUT2D eigenvalue weighted by molar-refractivity contribution is -0.129. The summed E-state index contributed by atoms with van der Waals surface area (Å²) >= 11 is 0. The van der Waals surface area contributed by atoms with Crippen molar-refractivity contribution < 1.29 is 14.3 Å². The van der Waals surface area contributed by atoms with Crippen LogP contribution in [-0.2, 0) is 20.9 Å². The van der Waals surface area contributed by atoms with E-state index in [1.165, 1.54) is 4.68 Å². The fourth-order valence-corrected chi connectivity index (χ4v) is 1.78. The molecule has 4 N–H and O–H groups in total. The van der Waals surface area contributed by atoms with E-state index in [4.69, 9.17) is 10.5 Å². The summed E-state index contributed by atoms with van der Waals surface area (Å²) in [5.41, 5.74) is 7.80. The number of nitrogens with zero attached hydrogens (tertiary/aromatic N) is 2. The van der Waals surface area contributed by atoms with Gasteiger partial charge in [0.05, 0.1) is 23.7 Å². The number of ether oxygens (including phenoxy) is 1. The van der Waals surface area contributed by atoms with Gasteiger partial charge in [-0.25, -0.2) is 0 Å². The number of amides is 2. The average molecular weight is 297 g/mol. The Hall–Kier alpha value is -2.09. The number of anilines is 1. The topological polar surface area (TPSA) is 111 Å². The van der Waals surface area contributed by atoms with E-state index in [0.29, 0.717) is 24.5 Å². The van der Waals surface area contributed by atoms with Crippen molar-refractivity contribution in [3.63, 3.8) is 0 Å². The third-order valence-electron chi connectivity index (χ3n) is 3.11. The molecule has 0 aliphatic rings. The highest BCUT2D eigenvalue weighted by Crippen LogP contribution is 2.14. The van der Waals surface area contributed by atoms with Crippen LogP contribution in [0.15, 0.2) is 0 Å². The van der Waals surface area contributed by atoms with Gasteiger partial charge in [0.1, 0.15) is 12.6 Å². The second-order valence-corrected chi connectivity index (χ2v) is 4.82. The number of carbonyl (C=O) groups excluding carboxylic acids is 2. The van der Waals surface area contributed by atoms with Crippen LogP contribution >= 0.6 is 0 Å². The van der Waals surface area contributed by atoms with E-state index >= 15 is 0 Å². The number of aryl methyl sites for hydroxylation is 1. The number of nitrogen functional groups attached to an aromatic ring is 1. The quantitative estimate of drug-likeness (QED) is 0.579. The maximum Gasteiger partial charge on any atom is 0.242 e. The first kappa shape index (κ1) is 17.0. The van der Waals surface area contributed by atoms with Gasteiger partial charge in [0.2, 0.25) is 11.8 Å². The van der Waals surface area contributed by atoms with E-state index in [-0.39, 0.29) is 18.4 Å². The first-order chi connectivity index (χ1) is 9.86. The Morgan fingerprint density at radius 2 is 2.10 bits per heavy atom. The highest BCUT2D eigenvalue weighted by Gasteiger charge is 2.17. The summed E-state index contributed by atoms with van der Waals surface area (Å²) in [6.07, 6.45) is 0. The van der Waals surface area contributed by atoms with E-state index in [2.05, 4.69) is 15.7 Å². The molecule has 0 bridgehead atoms. The van der Waals surface area contributed by atoms with E-state index in [1.54, 1.807) is 27.9 Å². The van der Waals surface area contributed by atoms with E-state index in [0.717, 1.165) is 5.69 Å². The molecule has 0 spiro atoms. The molecule has 2 amide bonds. The number of methoxy groups -OCH3 is 1. The molecule has 1 rings (SSSR count). The molecule has 1 atom stereocenters. The van der Waals surface area contributed by atoms with Crippen LogP contribution in [-0.4, -0.2) is 47.9 Å². The molecule has 1 heterocycles. The summed E-state index contributed by atoms with van der Waals surface area (Å²) in [5.74, 6) is -0.553. The lowest BCUT2D eigenvalue weighted by Gasteiger charge is -2.14. The Balaban J connectivity index is 2.49. The number of aromatic nitrogens is 2. The van der Waals surface area contributed by atoms with Gasteiger partial charge in [-0.05, 0) is 20.8 Å². The minimum absolute atomic E-state index is 0.0273. The minimum Gasteiger partial charge on any atom is -0.396 e. The number of nitrogens with two attached hydrogens (primary N) is 1. The number of hydrogen-bond donors (Lipinski definition) is 3. The fourth-order valence-electron chi connectivity index (χ4n) is 1.78. The predicted octanol–water partition coefficient (Wildman–Crippen LogP) is -0.651. The molecule has 0 saturated heterocycles. The molecule has 21 heavy (non-hydrogen) atoms. The van der Waals surface area contributed by atoms with Crippen LogP contribution in [0.5, 0.6) is 0 Å². The van der Waals surface area contributed by atoms with E-state index < -0.39 is 6.04 Å². The highest BCUT2D eigenvalue weighted by molar-refractivity contribution is 5.87. The second-order valence-electron chi connectivity index (χ2n) is 4.82. The van der Waals surface area contributed by atoms with Crippen molar-refractivity contribution in [1.82, 2.24) is 20.4 Å². The molecule has 1 unspecified atom stereocenters. The van der Waals surface area contributed by atoms with Crippen molar-refractivity contribution in [2.75, 3.05) is 26.0 Å². The Bertz CT molecular complexity index is 512. The molecule has 1 aromatic rings. The molecule has 8 nitrogen and oxygen atoms in total. The summed E-state index contributed by atoms with van der Waals surface area (Å²) in [4.78, 5) is 23.6. The third-order valence-corrected chi connectivity index (χ3v) is 3.11. The van der Waals surface area contributed by atoms with E-state index in [9.17, 15) is 9.59 Å². The van der Waals surface area contributed by atoms with Crippen LogP contribution in [0.2, 0.25) is 0 Å². The van der Waals surface area contributed by atoms with Crippen molar-refractivity contribution in [2.24, 2.45) is 0 Å². The predicted molar refractivity (Wildman–Crippen MR) is 78.6 cm³/mol. The molecule has 1 aromatic heterocycles. The van der Waals surface area contributed by atoms with Crippen molar-refractivity contribution in [2.45, 2.75) is 33.4 Å². The van der Waals surface area contributed by atoms with Gasteiger partial charge in [0.15, 0.2) is 0 Å². The number of rotatable bonds is 7. The zero-order valence-corrected chi connectivity index (χ0v) is 12.9. The Morgan fingerprint density at radius 1 is 1.43 bits per heavy atom. The average Bonchev–Trinajstić information content (AvgIpc) is 2.66. The SMILES string of the molecule is COCCNC(=O)C(C)NC(=O)Cn1nc(C)c(N)c1C. The number of carbonyl (C=O) groups is 2. The van der Waals surface area contributed by atoms with Crippen LogP contribution in [0.25, 0.3) is 0 Å². The fraction of sp³-hybridized carbons (Fsp3) is 0.615. The summed E-state index contributed by atoms with van der Waals surface area (Å²) in [5, 5.41) is 9.45. The van der Waals surface area contributed by atoms with Crippen LogP contribution in [0.3, 0.4) is 0 Å². The normalized spacial score (nSPS) is 12.0. The molecule has 0 aliphatic heterocycles. The third kappa shape index (κ3) is 4.75. The summed E-state index contributed by atoms with van der Waals surface area (Å²) in [7, 11) is 1.55. The highest BCUT2D eigenvalue weighted by atomic mass is 16.5. The lowest BCUT2D eigenvalue weighted by Crippen LogP contribution is -2.46. The number of hydrogen-bond acceptors (Lipinski definition) is 5. The van der Waals surface area contributed by atoms with Crippen molar-refractivity contribution in [1.29, 1.82) is 0 Å². The largest absolute Gasteiger partial charge is 0.396 e. The van der Waals surface area contributed by atoms with Gasteiger partial charge in [0.25, 0.3) is 0 Å². The molecule has 8 heteroatoms. The maximum atomic E-state index is 11.9. The minimum atomic E-state index is -0.622. The lowest BCUT2D eigenvalue weighted by atomic mass is 10.3. The van der Waals surface area contributed by atoms with Gasteiger partial charge in [0, 0.05) is 13.7 Å². The Labute approximate surface area is 124 Å². The zero-order chi connectivity index (χ0) is 16.0. The molecular weight excluding hydrogens is 274 g/mol. The molecule has 0 fully saturated rings. The maximum absolute atomic E-state index is 11.9. The molecule has 0 aliphatic carbocycles. The second kappa shape index (κ2) is 7.63. The van der Waals surface area contributed by atoms with Gasteiger partial charge in [-0.3, -0.25) is 14.3 Å². The van der Waals surface area contributed by atoms with Crippen molar-refractivity contribution >= 4 is 17.5 Å². The summed E-state index contributed by atoms with van der Waals surface area (Å²) in [6, 6.07) is -0.622. The van der Waals surface area contributed by atoms with Gasteiger partial charge < -0.3 is 21.1 Å². The van der Waals surface area contributed by atoms with Gasteiger partial charge >= 0.3 is 0 Å². The van der Waals surface area contributed by atoms with Crippen molar-refractivity contribution in [3.05, 3.63) is 11.4 Å². The van der Waals surface area contributed by atoms with Crippen LogP contribution < -0.4 is 16.4 Å². The first-order valence-corrected chi connectivity index (χ1v) is 6.72. The summed E-state index contributed by atoms with van der Waals surface area (Å²) in [6.45, 7) is 6.06. The zero-order valence-electron chi connectivity index (χ0n) is 12.9. The summed E-state index contributed by atoms with van der Waals surface area (Å²) < 4.78 is 6.36. The van der Waals surface area contributed by atoms with Gasteiger partial charge in [-0.15, -0.1) is 0 Å². The molecule has 0 saturated carbocycles. The molecular formula is C13H23N5O3. The molecule has 118 valence electrons. The van der Waals surface area contributed by atoms with Crippen LogP contribution in [0.4, 0.5) is 5.69 Å². The van der Waals surface area contributed by atoms with Gasteiger partial charge in [-0.1, -0.05) is 0 Å². The van der Waals surface area contributed by atoms with Crippen molar-refractivity contribution in [3.8, 4) is 0 Å². The Kier molecular flexibility index (Phi) is 6.16.